The van der Waals surface area contributed by atoms with Gasteiger partial charge in [-0.2, -0.15) is 0 Å². The Kier molecular flexibility index (Phi) is 5.95. The zero-order valence-corrected chi connectivity index (χ0v) is 18.8. The standard InChI is InChI=1S/C24H24N4O2S/c1-16-14-21(17(2)27(16)3)22(29)15-31-24-26-25-23(18-8-6-5-7-9-18)28(24)19-10-12-20(30-4)13-11-19/h5-14H,15H2,1-4H3. The summed E-state index contributed by atoms with van der Waals surface area (Å²) in [6.07, 6.45) is 0. The van der Waals surface area contributed by atoms with Gasteiger partial charge in [0.25, 0.3) is 0 Å². The summed E-state index contributed by atoms with van der Waals surface area (Å²) >= 11 is 1.39. The number of hydrogen-bond donors (Lipinski definition) is 0. The lowest BCUT2D eigenvalue weighted by atomic mass is 10.2. The maximum Gasteiger partial charge on any atom is 0.196 e. The molecule has 0 fully saturated rings. The van der Waals surface area contributed by atoms with Crippen LogP contribution in [-0.2, 0) is 7.05 Å². The van der Waals surface area contributed by atoms with Crippen LogP contribution < -0.4 is 4.74 Å². The number of hydrogen-bond acceptors (Lipinski definition) is 5. The first kappa shape index (κ1) is 20.9. The molecule has 0 aliphatic rings. The highest BCUT2D eigenvalue weighted by molar-refractivity contribution is 7.99. The average Bonchev–Trinajstić information content (AvgIpc) is 3.34. The van der Waals surface area contributed by atoms with E-state index in [0.717, 1.165) is 39.8 Å². The lowest BCUT2D eigenvalue weighted by molar-refractivity contribution is 0.102. The molecule has 0 saturated carbocycles. The van der Waals surface area contributed by atoms with Gasteiger partial charge in [-0.3, -0.25) is 9.36 Å². The van der Waals surface area contributed by atoms with Crippen molar-refractivity contribution in [3.05, 3.63) is 77.6 Å². The summed E-state index contributed by atoms with van der Waals surface area (Å²) < 4.78 is 9.31. The summed E-state index contributed by atoms with van der Waals surface area (Å²) in [6, 6.07) is 19.6. The fraction of sp³-hybridized carbons (Fsp3) is 0.208. The van der Waals surface area contributed by atoms with Gasteiger partial charge in [0.2, 0.25) is 0 Å². The van der Waals surface area contributed by atoms with E-state index in [1.165, 1.54) is 11.8 Å². The second kappa shape index (κ2) is 8.81. The van der Waals surface area contributed by atoms with Gasteiger partial charge in [0.15, 0.2) is 16.8 Å². The van der Waals surface area contributed by atoms with Gasteiger partial charge in [0.05, 0.1) is 12.9 Å². The van der Waals surface area contributed by atoms with E-state index in [1.807, 2.05) is 90.7 Å². The third-order valence-corrected chi connectivity index (χ3v) is 6.33. The van der Waals surface area contributed by atoms with Gasteiger partial charge in [0.1, 0.15) is 5.75 Å². The van der Waals surface area contributed by atoms with Crippen LogP contribution >= 0.6 is 11.8 Å². The number of methoxy groups -OCH3 is 1. The number of Topliss-reactive ketones (excluding diaryl/α,β-unsaturated/α-hetero) is 1. The Morgan fingerprint density at radius 3 is 2.35 bits per heavy atom. The van der Waals surface area contributed by atoms with Crippen molar-refractivity contribution in [3.63, 3.8) is 0 Å². The number of ether oxygens (including phenoxy) is 1. The molecular weight excluding hydrogens is 408 g/mol. The smallest absolute Gasteiger partial charge is 0.196 e. The molecule has 31 heavy (non-hydrogen) atoms. The molecule has 0 unspecified atom stereocenters. The Morgan fingerprint density at radius 2 is 1.74 bits per heavy atom. The molecule has 2 heterocycles. The van der Waals surface area contributed by atoms with Crippen LogP contribution in [0.15, 0.2) is 65.8 Å². The monoisotopic (exact) mass is 432 g/mol. The molecule has 158 valence electrons. The first-order valence-electron chi connectivity index (χ1n) is 9.93. The van der Waals surface area contributed by atoms with Crippen molar-refractivity contribution >= 4 is 17.5 Å². The third-order valence-electron chi connectivity index (χ3n) is 5.40. The number of ketones is 1. The molecule has 2 aromatic heterocycles. The van der Waals surface area contributed by atoms with Crippen LogP contribution in [0.25, 0.3) is 17.1 Å². The largest absolute Gasteiger partial charge is 0.497 e. The molecule has 0 N–H and O–H groups in total. The average molecular weight is 433 g/mol. The Balaban J connectivity index is 1.68. The summed E-state index contributed by atoms with van der Waals surface area (Å²) in [5.41, 5.74) is 4.67. The zero-order valence-electron chi connectivity index (χ0n) is 18.0. The van der Waals surface area contributed by atoms with Crippen molar-refractivity contribution in [2.45, 2.75) is 19.0 Å². The highest BCUT2D eigenvalue weighted by Crippen LogP contribution is 2.29. The number of carbonyl (C=O) groups excluding carboxylic acids is 1. The van der Waals surface area contributed by atoms with E-state index in [1.54, 1.807) is 7.11 Å². The minimum Gasteiger partial charge on any atom is -0.497 e. The van der Waals surface area contributed by atoms with Crippen LogP contribution in [0.4, 0.5) is 0 Å². The molecule has 0 bridgehead atoms. The van der Waals surface area contributed by atoms with Gasteiger partial charge < -0.3 is 9.30 Å². The molecule has 7 heteroatoms. The van der Waals surface area contributed by atoms with Crippen LogP contribution in [0, 0.1) is 13.8 Å². The van der Waals surface area contributed by atoms with Gasteiger partial charge >= 0.3 is 0 Å². The summed E-state index contributed by atoms with van der Waals surface area (Å²) in [6.45, 7) is 3.97. The molecule has 4 rings (SSSR count). The van der Waals surface area contributed by atoms with Crippen molar-refractivity contribution in [3.8, 4) is 22.8 Å². The quantitative estimate of drug-likeness (QED) is 0.308. The first-order valence-corrected chi connectivity index (χ1v) is 10.9. The first-order chi connectivity index (χ1) is 15.0. The van der Waals surface area contributed by atoms with Crippen LogP contribution in [0.5, 0.6) is 5.75 Å². The molecule has 4 aromatic rings. The molecule has 0 amide bonds. The van der Waals surface area contributed by atoms with E-state index in [0.29, 0.717) is 5.16 Å². The molecule has 0 atom stereocenters. The van der Waals surface area contributed by atoms with E-state index in [-0.39, 0.29) is 11.5 Å². The van der Waals surface area contributed by atoms with E-state index in [2.05, 4.69) is 10.2 Å². The van der Waals surface area contributed by atoms with Crippen molar-refractivity contribution in [1.82, 2.24) is 19.3 Å². The predicted molar refractivity (Wildman–Crippen MR) is 123 cm³/mol. The SMILES string of the molecule is COc1ccc(-n2c(SCC(=O)c3cc(C)n(C)c3C)nnc2-c2ccccc2)cc1. The van der Waals surface area contributed by atoms with E-state index >= 15 is 0 Å². The second-order valence-corrected chi connectivity index (χ2v) is 8.20. The number of carbonyl (C=O) groups is 1. The topological polar surface area (TPSA) is 61.9 Å². The third kappa shape index (κ3) is 4.14. The zero-order chi connectivity index (χ0) is 22.0. The number of rotatable bonds is 7. The van der Waals surface area contributed by atoms with Crippen LogP contribution in [0.3, 0.4) is 0 Å². The predicted octanol–water partition coefficient (Wildman–Crippen LogP) is 4.87. The molecule has 0 saturated heterocycles. The van der Waals surface area contributed by atoms with Crippen LogP contribution in [0.2, 0.25) is 0 Å². The number of benzene rings is 2. The van der Waals surface area contributed by atoms with E-state index in [4.69, 9.17) is 4.74 Å². The minimum absolute atomic E-state index is 0.0803. The number of nitrogens with zero attached hydrogens (tertiary/aromatic N) is 4. The van der Waals surface area contributed by atoms with Crippen LogP contribution in [-0.4, -0.2) is 38.0 Å². The van der Waals surface area contributed by atoms with Crippen molar-refractivity contribution in [2.75, 3.05) is 12.9 Å². The molecule has 6 nitrogen and oxygen atoms in total. The van der Waals surface area contributed by atoms with Gasteiger partial charge in [-0.1, -0.05) is 42.1 Å². The van der Waals surface area contributed by atoms with Crippen molar-refractivity contribution in [1.29, 1.82) is 0 Å². The lowest BCUT2D eigenvalue weighted by Gasteiger charge is -2.11. The Bertz CT molecular complexity index is 1210. The summed E-state index contributed by atoms with van der Waals surface area (Å²) in [4.78, 5) is 12.9. The Morgan fingerprint density at radius 1 is 1.03 bits per heavy atom. The minimum atomic E-state index is 0.0803. The summed E-state index contributed by atoms with van der Waals surface area (Å²) in [5, 5.41) is 9.52. The molecule has 0 radical (unpaired) electrons. The van der Waals surface area contributed by atoms with E-state index in [9.17, 15) is 4.79 Å². The number of aromatic nitrogens is 4. The van der Waals surface area contributed by atoms with Gasteiger partial charge in [-0.05, 0) is 44.2 Å². The lowest BCUT2D eigenvalue weighted by Crippen LogP contribution is -2.06. The maximum absolute atomic E-state index is 12.9. The summed E-state index contributed by atoms with van der Waals surface area (Å²) in [7, 11) is 3.62. The van der Waals surface area contributed by atoms with Crippen molar-refractivity contribution in [2.24, 2.45) is 7.05 Å². The fourth-order valence-corrected chi connectivity index (χ4v) is 4.28. The molecule has 2 aromatic carbocycles. The normalized spacial score (nSPS) is 11.0. The van der Waals surface area contributed by atoms with Gasteiger partial charge in [-0.25, -0.2) is 0 Å². The number of aryl methyl sites for hydroxylation is 1. The maximum atomic E-state index is 12.9. The Hall–Kier alpha value is -3.32. The van der Waals surface area contributed by atoms with Gasteiger partial charge in [0, 0.05) is 35.2 Å². The Labute approximate surface area is 185 Å². The van der Waals surface area contributed by atoms with Crippen LogP contribution in [0.1, 0.15) is 21.7 Å². The highest BCUT2D eigenvalue weighted by Gasteiger charge is 2.19. The summed E-state index contributed by atoms with van der Waals surface area (Å²) in [5.74, 6) is 1.87. The molecule has 0 aliphatic heterocycles. The molecular formula is C24H24N4O2S. The van der Waals surface area contributed by atoms with Gasteiger partial charge in [-0.15, -0.1) is 10.2 Å². The number of thioether (sulfide) groups is 1. The highest BCUT2D eigenvalue weighted by atomic mass is 32.2. The molecule has 0 spiro atoms. The second-order valence-electron chi connectivity index (χ2n) is 7.26. The fourth-order valence-electron chi connectivity index (χ4n) is 3.45. The van der Waals surface area contributed by atoms with E-state index < -0.39 is 0 Å². The molecule has 0 aliphatic carbocycles. The van der Waals surface area contributed by atoms with Crippen molar-refractivity contribution < 1.29 is 9.53 Å².